The van der Waals surface area contributed by atoms with E-state index in [0.717, 1.165) is 0 Å². The number of aliphatic hydroxyl groups excluding tert-OH is 1. The van der Waals surface area contributed by atoms with Crippen LogP contribution in [0.15, 0.2) is 35.1 Å². The quantitative estimate of drug-likeness (QED) is 0.498. The number of aromatic nitrogens is 3. The molecule has 0 spiro atoms. The average molecular weight is 516 g/mol. The molecule has 0 aliphatic carbocycles. The number of alkyl halides is 2. The highest BCUT2D eigenvalue weighted by Crippen LogP contribution is 2.37. The Morgan fingerprint density at radius 2 is 1.95 bits per heavy atom. The Hall–Kier alpha value is -3.44. The van der Waals surface area contributed by atoms with Gasteiger partial charge in [0.05, 0.1) is 11.1 Å². The normalized spacial score (nSPS) is 15.7. The standard InChI is InChI=1S/C26H31F2N5O4/c1-16-30-22-20(23(31-16)29-14-18-6-5-7-19(12-18)26(27,28)15-34)13-21(32(3)24(22)36)25(37-4)8-10-33(11-9-25)17(2)35/h5-7,12-13,34H,8-11,14-15H2,1-4H3,(H,29,30,31). The minimum absolute atomic E-state index is 0.00622. The van der Waals surface area contributed by atoms with Crippen molar-refractivity contribution in [3.63, 3.8) is 0 Å². The number of likely N-dealkylation sites (tertiary alicyclic amines) is 1. The van der Waals surface area contributed by atoms with E-state index in [4.69, 9.17) is 9.84 Å². The molecule has 198 valence electrons. The SMILES string of the molecule is COC1(c2cc3c(NCc4cccc(C(F)(F)CO)c4)nc(C)nc3c(=O)n2C)CCN(C(C)=O)CC1. The van der Waals surface area contributed by atoms with E-state index in [1.807, 2.05) is 6.07 Å². The van der Waals surface area contributed by atoms with Crippen LogP contribution in [0.3, 0.4) is 0 Å². The number of hydrogen-bond donors (Lipinski definition) is 2. The molecule has 1 aromatic carbocycles. The van der Waals surface area contributed by atoms with Crippen molar-refractivity contribution < 1.29 is 23.4 Å². The maximum Gasteiger partial charge on any atom is 0.295 e. The van der Waals surface area contributed by atoms with Crippen LogP contribution in [0.5, 0.6) is 0 Å². The molecule has 0 bridgehead atoms. The van der Waals surface area contributed by atoms with E-state index >= 15 is 0 Å². The minimum Gasteiger partial charge on any atom is -0.390 e. The molecular formula is C26H31F2N5O4. The number of fused-ring (bicyclic) bond motifs is 1. The highest BCUT2D eigenvalue weighted by molar-refractivity contribution is 5.89. The van der Waals surface area contributed by atoms with E-state index in [0.29, 0.717) is 54.2 Å². The summed E-state index contributed by atoms with van der Waals surface area (Å²) in [6.07, 6.45) is 1.03. The number of benzene rings is 1. The van der Waals surface area contributed by atoms with Crippen LogP contribution >= 0.6 is 0 Å². The van der Waals surface area contributed by atoms with Gasteiger partial charge in [-0.05, 0) is 37.5 Å². The molecule has 0 saturated carbocycles. The average Bonchev–Trinajstić information content (AvgIpc) is 2.89. The number of halogens is 2. The van der Waals surface area contributed by atoms with Gasteiger partial charge < -0.3 is 24.6 Å². The van der Waals surface area contributed by atoms with Crippen molar-refractivity contribution in [2.24, 2.45) is 7.05 Å². The minimum atomic E-state index is -3.35. The third-order valence-electron chi connectivity index (χ3n) is 7.09. The maximum absolute atomic E-state index is 14.0. The number of ether oxygens (including phenoxy) is 1. The van der Waals surface area contributed by atoms with Gasteiger partial charge in [-0.3, -0.25) is 9.59 Å². The van der Waals surface area contributed by atoms with E-state index in [1.54, 1.807) is 32.0 Å². The summed E-state index contributed by atoms with van der Waals surface area (Å²) in [7, 11) is 3.27. The summed E-state index contributed by atoms with van der Waals surface area (Å²) in [5, 5.41) is 12.7. The van der Waals surface area contributed by atoms with E-state index in [-0.39, 0.29) is 29.1 Å². The maximum atomic E-state index is 14.0. The van der Waals surface area contributed by atoms with Crippen molar-refractivity contribution in [2.75, 3.05) is 32.1 Å². The smallest absolute Gasteiger partial charge is 0.295 e. The number of anilines is 1. The van der Waals surface area contributed by atoms with Gasteiger partial charge in [0.15, 0.2) is 0 Å². The summed E-state index contributed by atoms with van der Waals surface area (Å²) >= 11 is 0. The molecular weight excluding hydrogens is 484 g/mol. The van der Waals surface area contributed by atoms with E-state index in [9.17, 15) is 18.4 Å². The van der Waals surface area contributed by atoms with E-state index in [2.05, 4.69) is 15.3 Å². The van der Waals surface area contributed by atoms with Gasteiger partial charge in [0.2, 0.25) is 5.91 Å². The molecule has 11 heteroatoms. The first-order chi connectivity index (χ1) is 17.5. The van der Waals surface area contributed by atoms with Crippen molar-refractivity contribution in [2.45, 2.75) is 44.8 Å². The Morgan fingerprint density at radius 1 is 1.24 bits per heavy atom. The van der Waals surface area contributed by atoms with Crippen molar-refractivity contribution in [3.8, 4) is 0 Å². The lowest BCUT2D eigenvalue weighted by Crippen LogP contribution is -2.47. The van der Waals surface area contributed by atoms with Crippen LogP contribution in [0, 0.1) is 6.92 Å². The van der Waals surface area contributed by atoms with Gasteiger partial charge in [-0.1, -0.05) is 18.2 Å². The Morgan fingerprint density at radius 3 is 2.57 bits per heavy atom. The molecule has 0 radical (unpaired) electrons. The topological polar surface area (TPSA) is 110 Å². The van der Waals surface area contributed by atoms with E-state index in [1.165, 1.54) is 29.7 Å². The molecule has 3 heterocycles. The molecule has 9 nitrogen and oxygen atoms in total. The molecule has 1 aliphatic rings. The first-order valence-electron chi connectivity index (χ1n) is 12.0. The second-order valence-corrected chi connectivity index (χ2v) is 9.40. The Bertz CT molecular complexity index is 1380. The summed E-state index contributed by atoms with van der Waals surface area (Å²) in [6.45, 7) is 3.09. The van der Waals surface area contributed by atoms with Crippen LogP contribution in [0.25, 0.3) is 10.9 Å². The number of methoxy groups -OCH3 is 1. The second-order valence-electron chi connectivity index (χ2n) is 9.40. The summed E-state index contributed by atoms with van der Waals surface area (Å²) in [5.41, 5.74) is 0.0683. The number of carbonyl (C=O) groups excluding carboxylic acids is 1. The molecule has 2 N–H and O–H groups in total. The van der Waals surface area contributed by atoms with Crippen LogP contribution in [0.1, 0.15) is 42.4 Å². The summed E-state index contributed by atoms with van der Waals surface area (Å²) in [5.74, 6) is -2.57. The van der Waals surface area contributed by atoms with Gasteiger partial charge >= 0.3 is 0 Å². The molecule has 3 aromatic rings. The fourth-order valence-corrected chi connectivity index (χ4v) is 4.89. The lowest BCUT2D eigenvalue weighted by molar-refractivity contribution is -0.135. The molecule has 0 atom stereocenters. The van der Waals surface area contributed by atoms with Crippen LogP contribution < -0.4 is 10.9 Å². The van der Waals surface area contributed by atoms with Crippen LogP contribution in [-0.4, -0.2) is 57.3 Å². The first-order valence-corrected chi connectivity index (χ1v) is 12.0. The predicted octanol–water partition coefficient (Wildman–Crippen LogP) is 2.82. The van der Waals surface area contributed by atoms with Crippen molar-refractivity contribution >= 4 is 22.6 Å². The summed E-state index contributed by atoms with van der Waals surface area (Å²) < 4.78 is 35.4. The Kier molecular flexibility index (Phi) is 7.29. The number of aliphatic hydroxyl groups is 1. The zero-order chi connectivity index (χ0) is 27.0. The van der Waals surface area contributed by atoms with E-state index < -0.39 is 18.1 Å². The predicted molar refractivity (Wildman–Crippen MR) is 134 cm³/mol. The second kappa shape index (κ2) is 10.1. The molecule has 1 fully saturated rings. The summed E-state index contributed by atoms with van der Waals surface area (Å²) in [6, 6.07) is 7.62. The van der Waals surface area contributed by atoms with Gasteiger partial charge in [-0.25, -0.2) is 9.97 Å². The fraction of sp³-hybridized carbons (Fsp3) is 0.462. The molecule has 0 unspecified atom stereocenters. The van der Waals surface area contributed by atoms with Crippen LogP contribution in [0.2, 0.25) is 0 Å². The first kappa shape index (κ1) is 26.6. The highest BCUT2D eigenvalue weighted by Gasteiger charge is 2.39. The van der Waals surface area contributed by atoms with Gasteiger partial charge in [-0.2, -0.15) is 8.78 Å². The number of aryl methyl sites for hydroxylation is 1. The number of piperidine rings is 1. The number of carbonyl (C=O) groups is 1. The molecule has 1 saturated heterocycles. The third-order valence-corrected chi connectivity index (χ3v) is 7.09. The Labute approximate surface area is 213 Å². The number of nitrogens with one attached hydrogen (secondary N) is 1. The number of hydrogen-bond acceptors (Lipinski definition) is 7. The largest absolute Gasteiger partial charge is 0.390 e. The monoisotopic (exact) mass is 515 g/mol. The van der Waals surface area contributed by atoms with Gasteiger partial charge in [0, 0.05) is 46.3 Å². The van der Waals surface area contributed by atoms with Gasteiger partial charge in [0.25, 0.3) is 11.5 Å². The zero-order valence-electron chi connectivity index (χ0n) is 21.3. The fourth-order valence-electron chi connectivity index (χ4n) is 4.89. The van der Waals surface area contributed by atoms with Crippen molar-refractivity contribution in [1.82, 2.24) is 19.4 Å². The van der Waals surface area contributed by atoms with Crippen LogP contribution in [0.4, 0.5) is 14.6 Å². The van der Waals surface area contributed by atoms with Gasteiger partial charge in [-0.15, -0.1) is 0 Å². The lowest BCUT2D eigenvalue weighted by atomic mass is 9.86. The number of amides is 1. The summed E-state index contributed by atoms with van der Waals surface area (Å²) in [4.78, 5) is 35.9. The molecule has 1 aliphatic heterocycles. The van der Waals surface area contributed by atoms with Gasteiger partial charge in [0.1, 0.15) is 29.4 Å². The van der Waals surface area contributed by atoms with Crippen molar-refractivity contribution in [3.05, 3.63) is 63.3 Å². The molecule has 1 amide bonds. The zero-order valence-corrected chi connectivity index (χ0v) is 21.3. The number of rotatable bonds is 7. The Balaban J connectivity index is 1.74. The number of pyridine rings is 1. The highest BCUT2D eigenvalue weighted by atomic mass is 19.3. The van der Waals surface area contributed by atoms with Crippen molar-refractivity contribution in [1.29, 1.82) is 0 Å². The molecule has 2 aromatic heterocycles. The molecule has 37 heavy (non-hydrogen) atoms. The number of nitrogens with zero attached hydrogens (tertiary/aromatic N) is 4. The lowest BCUT2D eigenvalue weighted by Gasteiger charge is -2.41. The van der Waals surface area contributed by atoms with Crippen LogP contribution in [-0.2, 0) is 34.6 Å². The third kappa shape index (κ3) is 5.05. The molecule has 4 rings (SSSR count).